The Balaban J connectivity index is 1.88. The molecule has 0 saturated heterocycles. The van der Waals surface area contributed by atoms with Gasteiger partial charge in [0.2, 0.25) is 0 Å². The first-order valence-electron chi connectivity index (χ1n) is 6.19. The van der Waals surface area contributed by atoms with Crippen molar-refractivity contribution >= 4 is 34.8 Å². The maximum Gasteiger partial charge on any atom is 0.144 e. The van der Waals surface area contributed by atoms with Crippen LogP contribution in [0.1, 0.15) is 31.9 Å². The van der Waals surface area contributed by atoms with Gasteiger partial charge in [-0.3, -0.25) is 0 Å². The molecular weight excluding hydrogens is 264 g/mol. The summed E-state index contributed by atoms with van der Waals surface area (Å²) in [6, 6.07) is 0.513. The number of nitrogens with zero attached hydrogens (tertiary/aromatic N) is 2. The lowest BCUT2D eigenvalue weighted by Crippen LogP contribution is -2.18. The Morgan fingerprint density at radius 2 is 2.33 bits per heavy atom. The Morgan fingerprint density at radius 1 is 1.50 bits per heavy atom. The molecule has 1 aliphatic rings. The molecule has 98 valence electrons. The molecule has 1 heterocycles. The standard InChI is InChI=1S/C12H18N4S2/c1-2-18-9-4-3-8(5-9)16-11-7-14-10(6-15-11)12(13)17/h6-9H,2-5H2,1H3,(H2,13,17)(H,15,16). The first-order valence-corrected chi connectivity index (χ1v) is 7.64. The molecule has 0 bridgehead atoms. The summed E-state index contributed by atoms with van der Waals surface area (Å²) in [5, 5.41) is 4.21. The Labute approximate surface area is 117 Å². The first kappa shape index (κ1) is 13.5. The van der Waals surface area contributed by atoms with Crippen LogP contribution in [-0.4, -0.2) is 32.0 Å². The Kier molecular flexibility index (Phi) is 4.77. The highest BCUT2D eigenvalue weighted by molar-refractivity contribution is 7.99. The van der Waals surface area contributed by atoms with E-state index in [9.17, 15) is 0 Å². The van der Waals surface area contributed by atoms with Crippen LogP contribution in [0.3, 0.4) is 0 Å². The number of thioether (sulfide) groups is 1. The average Bonchev–Trinajstić information content (AvgIpc) is 2.78. The van der Waals surface area contributed by atoms with E-state index < -0.39 is 0 Å². The maximum absolute atomic E-state index is 5.48. The molecule has 2 unspecified atom stereocenters. The largest absolute Gasteiger partial charge is 0.388 e. The van der Waals surface area contributed by atoms with Crippen molar-refractivity contribution in [2.24, 2.45) is 5.73 Å². The van der Waals surface area contributed by atoms with Crippen LogP contribution in [0.5, 0.6) is 0 Å². The number of thiocarbonyl (C=S) groups is 1. The third-order valence-electron chi connectivity index (χ3n) is 3.04. The number of hydrogen-bond donors (Lipinski definition) is 2. The van der Waals surface area contributed by atoms with E-state index in [1.54, 1.807) is 12.4 Å². The van der Waals surface area contributed by atoms with Gasteiger partial charge in [-0.25, -0.2) is 9.97 Å². The molecule has 0 amide bonds. The van der Waals surface area contributed by atoms with Crippen molar-refractivity contribution in [3.63, 3.8) is 0 Å². The highest BCUT2D eigenvalue weighted by Gasteiger charge is 2.24. The lowest BCUT2D eigenvalue weighted by Gasteiger charge is -2.13. The molecule has 0 spiro atoms. The van der Waals surface area contributed by atoms with Crippen molar-refractivity contribution in [2.75, 3.05) is 11.1 Å². The molecule has 0 aromatic carbocycles. The van der Waals surface area contributed by atoms with Crippen LogP contribution in [0.2, 0.25) is 0 Å². The minimum Gasteiger partial charge on any atom is -0.388 e. The van der Waals surface area contributed by atoms with E-state index in [2.05, 4.69) is 22.2 Å². The van der Waals surface area contributed by atoms with Gasteiger partial charge in [-0.2, -0.15) is 11.8 Å². The lowest BCUT2D eigenvalue weighted by atomic mass is 10.2. The van der Waals surface area contributed by atoms with Gasteiger partial charge in [0, 0.05) is 11.3 Å². The van der Waals surface area contributed by atoms with Crippen molar-refractivity contribution in [2.45, 2.75) is 37.5 Å². The van der Waals surface area contributed by atoms with Gasteiger partial charge in [0.05, 0.1) is 12.4 Å². The second-order valence-electron chi connectivity index (χ2n) is 4.38. The van der Waals surface area contributed by atoms with E-state index in [0.29, 0.717) is 11.7 Å². The summed E-state index contributed by atoms with van der Waals surface area (Å²) in [5.41, 5.74) is 6.06. The molecule has 2 atom stereocenters. The predicted molar refractivity (Wildman–Crippen MR) is 81.1 cm³/mol. The third-order valence-corrected chi connectivity index (χ3v) is 4.49. The van der Waals surface area contributed by atoms with E-state index >= 15 is 0 Å². The summed E-state index contributed by atoms with van der Waals surface area (Å²) < 4.78 is 0. The summed E-state index contributed by atoms with van der Waals surface area (Å²) in [5.74, 6) is 2.00. The topological polar surface area (TPSA) is 63.8 Å². The van der Waals surface area contributed by atoms with Gasteiger partial charge in [0.25, 0.3) is 0 Å². The summed E-state index contributed by atoms with van der Waals surface area (Å²) in [4.78, 5) is 8.75. The Hall–Kier alpha value is -0.880. The van der Waals surface area contributed by atoms with Crippen LogP contribution in [0.25, 0.3) is 0 Å². The normalized spacial score (nSPS) is 22.9. The summed E-state index contributed by atoms with van der Waals surface area (Å²) in [6.07, 6.45) is 7.02. The monoisotopic (exact) mass is 282 g/mol. The number of hydrogen-bond acceptors (Lipinski definition) is 5. The molecule has 18 heavy (non-hydrogen) atoms. The number of anilines is 1. The average molecular weight is 282 g/mol. The van der Waals surface area contributed by atoms with E-state index in [4.69, 9.17) is 18.0 Å². The molecule has 2 rings (SSSR count). The smallest absolute Gasteiger partial charge is 0.144 e. The molecule has 1 fully saturated rings. The van der Waals surface area contributed by atoms with Gasteiger partial charge in [0.15, 0.2) is 0 Å². The first-order chi connectivity index (χ1) is 8.69. The maximum atomic E-state index is 5.48. The fourth-order valence-electron chi connectivity index (χ4n) is 2.20. The molecule has 0 aliphatic heterocycles. The summed E-state index contributed by atoms with van der Waals surface area (Å²) in [6.45, 7) is 2.21. The minimum atomic E-state index is 0.286. The van der Waals surface area contributed by atoms with Crippen LogP contribution in [0.15, 0.2) is 12.4 Å². The van der Waals surface area contributed by atoms with Crippen LogP contribution in [0, 0.1) is 0 Å². The molecule has 3 N–H and O–H groups in total. The van der Waals surface area contributed by atoms with Gasteiger partial charge in [-0.05, 0) is 25.0 Å². The number of rotatable bonds is 5. The second kappa shape index (κ2) is 6.33. The molecular formula is C12H18N4S2. The number of nitrogens with two attached hydrogens (primary N) is 1. The van der Waals surface area contributed by atoms with Crippen LogP contribution < -0.4 is 11.1 Å². The fourth-order valence-corrected chi connectivity index (χ4v) is 3.45. The van der Waals surface area contributed by atoms with E-state index in [-0.39, 0.29) is 4.99 Å². The van der Waals surface area contributed by atoms with E-state index in [1.807, 2.05) is 11.8 Å². The predicted octanol–water partition coefficient (Wildman–Crippen LogP) is 2.20. The lowest BCUT2D eigenvalue weighted by molar-refractivity contribution is 0.751. The van der Waals surface area contributed by atoms with E-state index in [1.165, 1.54) is 25.0 Å². The highest BCUT2D eigenvalue weighted by atomic mass is 32.2. The van der Waals surface area contributed by atoms with Gasteiger partial charge in [-0.15, -0.1) is 0 Å². The van der Waals surface area contributed by atoms with Crippen molar-refractivity contribution < 1.29 is 0 Å². The van der Waals surface area contributed by atoms with Crippen LogP contribution in [0.4, 0.5) is 5.82 Å². The van der Waals surface area contributed by atoms with E-state index in [0.717, 1.165) is 11.1 Å². The Bertz CT molecular complexity index is 407. The molecule has 0 radical (unpaired) electrons. The van der Waals surface area contributed by atoms with Gasteiger partial charge < -0.3 is 11.1 Å². The molecule has 6 heteroatoms. The van der Waals surface area contributed by atoms with Crippen LogP contribution in [-0.2, 0) is 0 Å². The third kappa shape index (κ3) is 3.55. The van der Waals surface area contributed by atoms with Gasteiger partial charge >= 0.3 is 0 Å². The van der Waals surface area contributed by atoms with Crippen molar-refractivity contribution in [1.29, 1.82) is 0 Å². The molecule has 1 aliphatic carbocycles. The second-order valence-corrected chi connectivity index (χ2v) is 6.40. The van der Waals surface area contributed by atoms with Crippen molar-refractivity contribution in [3.05, 3.63) is 18.1 Å². The zero-order valence-corrected chi connectivity index (χ0v) is 12.1. The van der Waals surface area contributed by atoms with Gasteiger partial charge in [-0.1, -0.05) is 19.1 Å². The zero-order valence-electron chi connectivity index (χ0n) is 10.4. The summed E-state index contributed by atoms with van der Waals surface area (Å²) in [7, 11) is 0. The minimum absolute atomic E-state index is 0.286. The van der Waals surface area contributed by atoms with Crippen molar-refractivity contribution in [1.82, 2.24) is 9.97 Å². The molecule has 4 nitrogen and oxygen atoms in total. The van der Waals surface area contributed by atoms with Crippen LogP contribution >= 0.6 is 24.0 Å². The fraction of sp³-hybridized carbons (Fsp3) is 0.583. The number of nitrogens with one attached hydrogen (secondary N) is 1. The van der Waals surface area contributed by atoms with Crippen molar-refractivity contribution in [3.8, 4) is 0 Å². The zero-order chi connectivity index (χ0) is 13.0. The van der Waals surface area contributed by atoms with Gasteiger partial charge in [0.1, 0.15) is 16.5 Å². The number of aromatic nitrogens is 2. The SMILES string of the molecule is CCSC1CCC(Nc2cnc(C(N)=S)cn2)C1. The Morgan fingerprint density at radius 3 is 2.94 bits per heavy atom. The molecule has 1 aromatic heterocycles. The highest BCUT2D eigenvalue weighted by Crippen LogP contribution is 2.31. The summed E-state index contributed by atoms with van der Waals surface area (Å²) >= 11 is 6.90. The molecule has 1 saturated carbocycles. The molecule has 1 aromatic rings. The quantitative estimate of drug-likeness (QED) is 0.807.